The van der Waals surface area contributed by atoms with Gasteiger partial charge in [0.1, 0.15) is 0 Å². The van der Waals surface area contributed by atoms with Crippen LogP contribution in [0.1, 0.15) is 18.9 Å². The Morgan fingerprint density at radius 1 is 1.50 bits per heavy atom. The van der Waals surface area contributed by atoms with E-state index in [9.17, 15) is 4.79 Å². The molecule has 5 heteroatoms. The minimum atomic E-state index is -1.09. The molecule has 1 aromatic rings. The van der Waals surface area contributed by atoms with Crippen molar-refractivity contribution in [1.29, 1.82) is 0 Å². The molecular formula is C11H14INO3. The van der Waals surface area contributed by atoms with E-state index in [1.807, 2.05) is 31.2 Å². The second kappa shape index (κ2) is 5.49. The van der Waals surface area contributed by atoms with E-state index < -0.39 is 11.9 Å². The molecule has 2 N–H and O–H groups in total. The zero-order valence-electron chi connectivity index (χ0n) is 9.20. The lowest BCUT2D eigenvalue weighted by atomic mass is 10.0. The molecule has 1 rings (SSSR count). The van der Waals surface area contributed by atoms with Gasteiger partial charge in [-0.1, -0.05) is 25.1 Å². The van der Waals surface area contributed by atoms with Gasteiger partial charge in [0.15, 0.2) is 0 Å². The molecule has 0 saturated heterocycles. The van der Waals surface area contributed by atoms with Gasteiger partial charge in [-0.05, 0) is 28.7 Å². The molecule has 0 saturated carbocycles. The lowest BCUT2D eigenvalue weighted by Crippen LogP contribution is -2.36. The van der Waals surface area contributed by atoms with E-state index in [4.69, 9.17) is 15.2 Å². The minimum absolute atomic E-state index is 0.493. The van der Waals surface area contributed by atoms with Crippen molar-refractivity contribution in [2.24, 2.45) is 5.73 Å². The number of primary amides is 1. The lowest BCUT2D eigenvalue weighted by molar-refractivity contribution is -0.194. The summed E-state index contributed by atoms with van der Waals surface area (Å²) in [6.45, 7) is 1.87. The van der Waals surface area contributed by atoms with Crippen LogP contribution in [0, 0.1) is 3.57 Å². The summed E-state index contributed by atoms with van der Waals surface area (Å²) < 4.78 is 11.4. The van der Waals surface area contributed by atoms with Crippen LogP contribution < -0.4 is 5.73 Å². The highest BCUT2D eigenvalue weighted by atomic mass is 127. The molecule has 1 amide bonds. The first-order chi connectivity index (χ1) is 7.55. The second-order valence-electron chi connectivity index (χ2n) is 3.21. The molecule has 88 valence electrons. The highest BCUT2D eigenvalue weighted by Crippen LogP contribution is 2.33. The van der Waals surface area contributed by atoms with E-state index in [2.05, 4.69) is 22.6 Å². The van der Waals surface area contributed by atoms with Crippen LogP contribution in [-0.4, -0.2) is 13.2 Å². The van der Waals surface area contributed by atoms with E-state index in [0.29, 0.717) is 6.42 Å². The number of halogens is 1. The van der Waals surface area contributed by atoms with Crippen LogP contribution in [0.3, 0.4) is 0 Å². The van der Waals surface area contributed by atoms with Gasteiger partial charge in [0, 0.05) is 22.7 Å². The molecule has 4 nitrogen and oxygen atoms in total. The molecule has 0 spiro atoms. The zero-order valence-corrected chi connectivity index (χ0v) is 11.4. The molecule has 0 aromatic heterocycles. The SMILES string of the molecule is CC[C@@](OC)(OC(N)=O)c1ccccc1I. The van der Waals surface area contributed by atoms with Crippen LogP contribution in [-0.2, 0) is 15.3 Å². The summed E-state index contributed by atoms with van der Waals surface area (Å²) >= 11 is 2.17. The van der Waals surface area contributed by atoms with Gasteiger partial charge < -0.3 is 15.2 Å². The molecule has 0 aliphatic heterocycles. The third-order valence-electron chi connectivity index (χ3n) is 2.34. The van der Waals surface area contributed by atoms with Crippen molar-refractivity contribution in [3.8, 4) is 0 Å². The Morgan fingerprint density at radius 2 is 2.12 bits per heavy atom. The highest BCUT2D eigenvalue weighted by Gasteiger charge is 2.35. The molecule has 1 atom stereocenters. The van der Waals surface area contributed by atoms with Crippen molar-refractivity contribution < 1.29 is 14.3 Å². The lowest BCUT2D eigenvalue weighted by Gasteiger charge is -2.31. The third kappa shape index (κ3) is 2.65. The van der Waals surface area contributed by atoms with Gasteiger partial charge in [-0.3, -0.25) is 0 Å². The maximum Gasteiger partial charge on any atom is 0.407 e. The maximum absolute atomic E-state index is 10.9. The molecule has 0 radical (unpaired) electrons. The number of methoxy groups -OCH3 is 1. The summed E-state index contributed by atoms with van der Waals surface area (Å²) in [5.41, 5.74) is 5.88. The van der Waals surface area contributed by atoms with E-state index in [1.54, 1.807) is 0 Å². The number of amides is 1. The molecular weight excluding hydrogens is 321 g/mol. The average Bonchev–Trinajstić information content (AvgIpc) is 2.26. The first-order valence-electron chi connectivity index (χ1n) is 4.84. The Hall–Kier alpha value is -0.820. The number of benzene rings is 1. The molecule has 0 bridgehead atoms. The van der Waals surface area contributed by atoms with Gasteiger partial charge in [0.05, 0.1) is 0 Å². The smallest absolute Gasteiger partial charge is 0.407 e. The number of hydrogen-bond acceptors (Lipinski definition) is 3. The zero-order chi connectivity index (χ0) is 12.2. The van der Waals surface area contributed by atoms with Gasteiger partial charge in [0.25, 0.3) is 0 Å². The normalized spacial score (nSPS) is 14.2. The van der Waals surface area contributed by atoms with Crippen molar-refractivity contribution in [1.82, 2.24) is 0 Å². The van der Waals surface area contributed by atoms with Gasteiger partial charge in [-0.15, -0.1) is 0 Å². The Bertz CT molecular complexity index is 377. The van der Waals surface area contributed by atoms with Crippen molar-refractivity contribution in [2.45, 2.75) is 19.1 Å². The Kier molecular flexibility index (Phi) is 4.55. The van der Waals surface area contributed by atoms with Crippen LogP contribution in [0.5, 0.6) is 0 Å². The van der Waals surface area contributed by atoms with Gasteiger partial charge in [-0.25, -0.2) is 4.79 Å². The molecule has 0 heterocycles. The minimum Gasteiger partial charge on any atom is -0.413 e. The maximum atomic E-state index is 10.9. The van der Waals surface area contributed by atoms with E-state index in [-0.39, 0.29) is 0 Å². The van der Waals surface area contributed by atoms with Crippen molar-refractivity contribution in [3.63, 3.8) is 0 Å². The van der Waals surface area contributed by atoms with Crippen LogP contribution >= 0.6 is 22.6 Å². The number of nitrogens with two attached hydrogens (primary N) is 1. The molecule has 0 aliphatic rings. The standard InChI is InChI=1S/C11H14INO3/c1-3-11(15-2,16-10(13)14)8-6-4-5-7-9(8)12/h4-7H,3H2,1-2H3,(H2,13,14)/t11-/m1/s1. The predicted octanol–water partition coefficient (Wildman–Crippen LogP) is 2.60. The number of carbonyl (C=O) groups is 1. The molecule has 16 heavy (non-hydrogen) atoms. The topological polar surface area (TPSA) is 61.6 Å². The number of hydrogen-bond donors (Lipinski definition) is 1. The quantitative estimate of drug-likeness (QED) is 0.680. The number of rotatable bonds is 4. The highest BCUT2D eigenvalue weighted by molar-refractivity contribution is 14.1. The Morgan fingerprint density at radius 3 is 2.56 bits per heavy atom. The third-order valence-corrected chi connectivity index (χ3v) is 3.29. The van der Waals surface area contributed by atoms with Gasteiger partial charge in [-0.2, -0.15) is 0 Å². The number of ether oxygens (including phenoxy) is 2. The fraction of sp³-hybridized carbons (Fsp3) is 0.364. The first kappa shape index (κ1) is 13.2. The predicted molar refractivity (Wildman–Crippen MR) is 68.8 cm³/mol. The largest absolute Gasteiger partial charge is 0.413 e. The Labute approximate surface area is 108 Å². The van der Waals surface area contributed by atoms with Gasteiger partial charge in [0.2, 0.25) is 5.79 Å². The summed E-state index contributed by atoms with van der Waals surface area (Å²) in [6.07, 6.45) is -0.352. The fourth-order valence-corrected chi connectivity index (χ4v) is 2.34. The summed E-state index contributed by atoms with van der Waals surface area (Å²) in [4.78, 5) is 10.9. The summed E-state index contributed by atoms with van der Waals surface area (Å²) in [5, 5.41) is 0. The number of carbonyl (C=O) groups excluding carboxylic acids is 1. The van der Waals surface area contributed by atoms with Crippen LogP contribution in [0.2, 0.25) is 0 Å². The van der Waals surface area contributed by atoms with E-state index in [0.717, 1.165) is 9.13 Å². The van der Waals surface area contributed by atoms with Crippen LogP contribution in [0.4, 0.5) is 4.79 Å². The van der Waals surface area contributed by atoms with Crippen molar-refractivity contribution in [3.05, 3.63) is 33.4 Å². The van der Waals surface area contributed by atoms with Crippen molar-refractivity contribution >= 4 is 28.7 Å². The summed E-state index contributed by atoms with van der Waals surface area (Å²) in [5.74, 6) is -1.09. The van der Waals surface area contributed by atoms with E-state index in [1.165, 1.54) is 7.11 Å². The van der Waals surface area contributed by atoms with E-state index >= 15 is 0 Å². The second-order valence-corrected chi connectivity index (χ2v) is 4.37. The van der Waals surface area contributed by atoms with Crippen LogP contribution in [0.25, 0.3) is 0 Å². The monoisotopic (exact) mass is 335 g/mol. The molecule has 0 fully saturated rings. The fourth-order valence-electron chi connectivity index (χ4n) is 1.55. The molecule has 0 unspecified atom stereocenters. The summed E-state index contributed by atoms with van der Waals surface area (Å²) in [7, 11) is 1.50. The first-order valence-corrected chi connectivity index (χ1v) is 5.92. The van der Waals surface area contributed by atoms with Crippen molar-refractivity contribution in [2.75, 3.05) is 7.11 Å². The average molecular weight is 335 g/mol. The summed E-state index contributed by atoms with van der Waals surface area (Å²) in [6, 6.07) is 7.55. The Balaban J connectivity index is 3.20. The van der Waals surface area contributed by atoms with Gasteiger partial charge >= 0.3 is 6.09 Å². The van der Waals surface area contributed by atoms with Crippen LogP contribution in [0.15, 0.2) is 24.3 Å². The molecule has 1 aromatic carbocycles. The molecule has 0 aliphatic carbocycles.